The number of carboxylic acid groups (broad SMARTS) is 1. The number of primary amides is 1. The van der Waals surface area contributed by atoms with E-state index in [1.807, 2.05) is 0 Å². The third kappa shape index (κ3) is 4.61. The van der Waals surface area contributed by atoms with Gasteiger partial charge in [-0.2, -0.15) is 10.4 Å². The Morgan fingerprint density at radius 3 is 2.52 bits per heavy atom. The number of piperidine rings is 1. The quantitative estimate of drug-likeness (QED) is 0.627. The second kappa shape index (κ2) is 9.46. The summed E-state index contributed by atoms with van der Waals surface area (Å²) in [5.74, 6) is -1.51. The van der Waals surface area contributed by atoms with Crippen LogP contribution in [0.25, 0.3) is 0 Å². The number of aromatic nitrogens is 2. The lowest BCUT2D eigenvalue weighted by Crippen LogP contribution is -2.55. The topological polar surface area (TPSA) is 146 Å². The molecule has 4 rings (SSSR count). The summed E-state index contributed by atoms with van der Waals surface area (Å²) in [7, 11) is 0. The van der Waals surface area contributed by atoms with Gasteiger partial charge in [-0.05, 0) is 49.4 Å². The molecular formula is C22H25FN6O4. The van der Waals surface area contributed by atoms with E-state index < -0.39 is 35.8 Å². The molecule has 174 valence electrons. The average molecular weight is 456 g/mol. The van der Waals surface area contributed by atoms with Gasteiger partial charge in [0.1, 0.15) is 11.4 Å². The fraction of sp³-hybridized carbons (Fsp3) is 0.455. The maximum absolute atomic E-state index is 13.3. The molecule has 0 saturated carbocycles. The summed E-state index contributed by atoms with van der Waals surface area (Å²) in [6.07, 6.45) is 2.07. The molecular weight excluding hydrogens is 431 g/mol. The van der Waals surface area contributed by atoms with Gasteiger partial charge >= 0.3 is 6.09 Å². The van der Waals surface area contributed by atoms with Crippen LogP contribution in [-0.2, 0) is 4.74 Å². The summed E-state index contributed by atoms with van der Waals surface area (Å²) < 4.78 is 20.2. The van der Waals surface area contributed by atoms with Gasteiger partial charge in [0.05, 0.1) is 24.1 Å². The zero-order valence-electron chi connectivity index (χ0n) is 17.9. The monoisotopic (exact) mass is 456 g/mol. The normalized spacial score (nSPS) is 23.6. The van der Waals surface area contributed by atoms with Crippen molar-refractivity contribution >= 4 is 23.5 Å². The van der Waals surface area contributed by atoms with E-state index in [4.69, 9.17) is 10.5 Å². The summed E-state index contributed by atoms with van der Waals surface area (Å²) in [4.78, 5) is 25.6. The number of likely N-dealkylation sites (tertiary alicyclic amines) is 1. The molecule has 3 heterocycles. The minimum absolute atomic E-state index is 0.0225. The maximum Gasteiger partial charge on any atom is 0.407 e. The fourth-order valence-electron chi connectivity index (χ4n) is 4.80. The van der Waals surface area contributed by atoms with Gasteiger partial charge in [-0.1, -0.05) is 0 Å². The number of nitrogens with one attached hydrogen (secondary N) is 1. The molecule has 0 radical (unpaired) electrons. The van der Waals surface area contributed by atoms with Crippen LogP contribution in [0.3, 0.4) is 0 Å². The Balaban J connectivity index is 1.75. The Morgan fingerprint density at radius 1 is 1.21 bits per heavy atom. The highest BCUT2D eigenvalue weighted by Gasteiger charge is 2.46. The van der Waals surface area contributed by atoms with E-state index in [1.165, 1.54) is 40.0 Å². The largest absolute Gasteiger partial charge is 0.465 e. The predicted molar refractivity (Wildman–Crippen MR) is 115 cm³/mol. The molecule has 2 aliphatic rings. The molecule has 2 aliphatic heterocycles. The van der Waals surface area contributed by atoms with Crippen LogP contribution in [-0.4, -0.2) is 57.6 Å². The van der Waals surface area contributed by atoms with E-state index in [9.17, 15) is 24.3 Å². The summed E-state index contributed by atoms with van der Waals surface area (Å²) in [6, 6.07) is 6.71. The van der Waals surface area contributed by atoms with Gasteiger partial charge in [0.25, 0.3) is 5.91 Å². The van der Waals surface area contributed by atoms with E-state index in [-0.39, 0.29) is 23.8 Å². The number of rotatable bonds is 5. The lowest BCUT2D eigenvalue weighted by Gasteiger charge is -2.46. The summed E-state index contributed by atoms with van der Waals surface area (Å²) in [5.41, 5.74) is 6.17. The van der Waals surface area contributed by atoms with Crippen molar-refractivity contribution in [3.05, 3.63) is 41.8 Å². The van der Waals surface area contributed by atoms with Gasteiger partial charge in [0.2, 0.25) is 0 Å². The van der Waals surface area contributed by atoms with Crippen molar-refractivity contribution in [3.8, 4) is 6.07 Å². The van der Waals surface area contributed by atoms with Crippen LogP contribution >= 0.6 is 0 Å². The molecule has 0 aliphatic carbocycles. The Bertz CT molecular complexity index is 1060. The Morgan fingerprint density at radius 2 is 1.91 bits per heavy atom. The number of nitrogens with two attached hydrogens (primary N) is 1. The van der Waals surface area contributed by atoms with Gasteiger partial charge in [-0.25, -0.2) is 9.18 Å². The predicted octanol–water partition coefficient (Wildman–Crippen LogP) is 2.72. The van der Waals surface area contributed by atoms with Crippen LogP contribution in [0.1, 0.15) is 35.7 Å². The first-order valence-electron chi connectivity index (χ1n) is 10.8. The molecule has 10 nitrogen and oxygen atoms in total. The molecule has 1 aromatic carbocycles. The minimum Gasteiger partial charge on any atom is -0.465 e. The molecule has 0 bridgehead atoms. The van der Waals surface area contributed by atoms with Crippen molar-refractivity contribution in [1.82, 2.24) is 14.7 Å². The van der Waals surface area contributed by atoms with Crippen molar-refractivity contribution in [2.75, 3.05) is 25.1 Å². The molecule has 4 N–H and O–H groups in total. The van der Waals surface area contributed by atoms with E-state index in [1.54, 1.807) is 0 Å². The third-order valence-electron chi connectivity index (χ3n) is 6.37. The molecule has 2 saturated heterocycles. The summed E-state index contributed by atoms with van der Waals surface area (Å²) in [5, 5.41) is 27.3. The third-order valence-corrected chi connectivity index (χ3v) is 6.37. The number of ether oxygens (including phenoxy) is 1. The average Bonchev–Trinajstić information content (AvgIpc) is 3.23. The number of anilines is 2. The number of amides is 2. The zero-order valence-corrected chi connectivity index (χ0v) is 17.9. The summed E-state index contributed by atoms with van der Waals surface area (Å²) >= 11 is 0. The molecule has 33 heavy (non-hydrogen) atoms. The highest BCUT2D eigenvalue weighted by molar-refractivity contribution is 5.98. The molecule has 0 spiro atoms. The fourth-order valence-corrected chi connectivity index (χ4v) is 4.80. The highest BCUT2D eigenvalue weighted by Crippen LogP contribution is 2.40. The lowest BCUT2D eigenvalue weighted by atomic mass is 9.77. The van der Waals surface area contributed by atoms with Crippen molar-refractivity contribution < 1.29 is 23.8 Å². The van der Waals surface area contributed by atoms with Gasteiger partial charge in [0.15, 0.2) is 5.82 Å². The Labute approximate surface area is 189 Å². The van der Waals surface area contributed by atoms with Crippen LogP contribution in [0.15, 0.2) is 30.5 Å². The maximum atomic E-state index is 13.3. The van der Waals surface area contributed by atoms with Crippen molar-refractivity contribution in [2.45, 2.75) is 31.3 Å². The van der Waals surface area contributed by atoms with Crippen molar-refractivity contribution in [2.24, 2.45) is 17.6 Å². The van der Waals surface area contributed by atoms with Gasteiger partial charge in [-0.3, -0.25) is 9.48 Å². The number of carbonyl (C=O) groups excluding carboxylic acids is 1. The number of nitriles is 1. The number of nitrogens with zero attached hydrogens (tertiary/aromatic N) is 4. The molecule has 3 atom stereocenters. The van der Waals surface area contributed by atoms with E-state index in [2.05, 4.69) is 16.5 Å². The number of benzene rings is 1. The van der Waals surface area contributed by atoms with E-state index in [0.29, 0.717) is 38.2 Å². The van der Waals surface area contributed by atoms with Crippen LogP contribution in [0.5, 0.6) is 0 Å². The Hall–Kier alpha value is -3.65. The lowest BCUT2D eigenvalue weighted by molar-refractivity contribution is -0.0135. The van der Waals surface area contributed by atoms with Crippen LogP contribution in [0, 0.1) is 29.0 Å². The molecule has 2 fully saturated rings. The molecule has 2 amide bonds. The molecule has 2 aromatic rings. The second-order valence-electron chi connectivity index (χ2n) is 8.30. The minimum atomic E-state index is -1.06. The smallest absolute Gasteiger partial charge is 0.407 e. The first-order valence-corrected chi connectivity index (χ1v) is 10.8. The van der Waals surface area contributed by atoms with E-state index >= 15 is 0 Å². The van der Waals surface area contributed by atoms with Gasteiger partial charge in [-0.15, -0.1) is 0 Å². The first-order chi connectivity index (χ1) is 15.9. The first kappa shape index (κ1) is 22.5. The van der Waals surface area contributed by atoms with Crippen LogP contribution < -0.4 is 11.1 Å². The van der Waals surface area contributed by atoms with Crippen LogP contribution in [0.4, 0.5) is 20.7 Å². The number of halogens is 1. The SMILES string of the molecule is N#C[C@H]1CCN(C(=O)O)C(C2CCOCC2)[C@@H]1n1cc(C(N)=O)c(Nc2ccc(F)cc2)n1. The number of hydrogen-bond donors (Lipinski definition) is 3. The van der Waals surface area contributed by atoms with Crippen LogP contribution in [0.2, 0.25) is 0 Å². The molecule has 11 heteroatoms. The van der Waals surface area contributed by atoms with Gasteiger partial charge in [0, 0.05) is 31.6 Å². The van der Waals surface area contributed by atoms with Crippen molar-refractivity contribution in [3.63, 3.8) is 0 Å². The van der Waals surface area contributed by atoms with Gasteiger partial charge < -0.3 is 25.8 Å². The number of carbonyl (C=O) groups is 2. The standard InChI is InChI=1S/C22H25FN6O4/c23-15-1-3-16(4-2-15)26-21-17(20(25)30)12-29(27-21)19-14(11-24)5-8-28(22(31)32)18(19)13-6-9-33-10-7-13/h1-4,12-14,18-19H,5-10H2,(H2,25,30)(H,26,27)(H,31,32)/t14-,18?,19-/m1/s1. The van der Waals surface area contributed by atoms with E-state index in [0.717, 1.165) is 0 Å². The number of hydrogen-bond acceptors (Lipinski definition) is 6. The zero-order chi connectivity index (χ0) is 23.5. The molecule has 1 unspecified atom stereocenters. The summed E-state index contributed by atoms with van der Waals surface area (Å²) in [6.45, 7) is 1.28. The Kier molecular flexibility index (Phi) is 6.46. The molecule has 1 aromatic heterocycles. The van der Waals surface area contributed by atoms with Crippen molar-refractivity contribution in [1.29, 1.82) is 5.26 Å². The highest BCUT2D eigenvalue weighted by atomic mass is 19.1. The second-order valence-corrected chi connectivity index (χ2v) is 8.30.